The second-order valence-electron chi connectivity index (χ2n) is 5.61. The lowest BCUT2D eigenvalue weighted by molar-refractivity contribution is -0.121. The number of hydrogen-bond acceptors (Lipinski definition) is 1. The number of carbonyl (C=O) groups excluding carboxylic acids is 1. The van der Waals surface area contributed by atoms with E-state index in [9.17, 15) is 4.79 Å². The lowest BCUT2D eigenvalue weighted by Crippen LogP contribution is -2.38. The van der Waals surface area contributed by atoms with Gasteiger partial charge in [-0.3, -0.25) is 4.79 Å². The van der Waals surface area contributed by atoms with Gasteiger partial charge in [-0.15, -0.1) is 0 Å². The first kappa shape index (κ1) is 14.6. The molecule has 0 spiro atoms. The zero-order valence-corrected chi connectivity index (χ0v) is 13.3. The average molecular weight is 324 g/mol. The van der Waals surface area contributed by atoms with Crippen LogP contribution in [0, 0.1) is 19.8 Å². The molecule has 1 N–H and O–H groups in total. The summed E-state index contributed by atoms with van der Waals surface area (Å²) >= 11 is 3.54. The molecule has 1 aromatic rings. The van der Waals surface area contributed by atoms with Crippen molar-refractivity contribution in [1.82, 2.24) is 5.32 Å². The number of aryl methyl sites for hydroxylation is 2. The highest BCUT2D eigenvalue weighted by molar-refractivity contribution is 9.09. The smallest absolute Gasteiger partial charge is 0.224 e. The molecule has 1 aliphatic carbocycles. The van der Waals surface area contributed by atoms with Gasteiger partial charge in [0.15, 0.2) is 0 Å². The normalized spacial score (nSPS) is 22.5. The van der Waals surface area contributed by atoms with Crippen molar-refractivity contribution in [3.63, 3.8) is 0 Å². The van der Waals surface area contributed by atoms with Crippen LogP contribution in [0.5, 0.6) is 0 Å². The fourth-order valence-electron chi connectivity index (χ4n) is 2.77. The molecule has 0 radical (unpaired) electrons. The quantitative estimate of drug-likeness (QED) is 0.844. The van der Waals surface area contributed by atoms with E-state index in [1.165, 1.54) is 24.0 Å². The van der Waals surface area contributed by atoms with Crippen LogP contribution in [0.4, 0.5) is 0 Å². The molecule has 2 atom stereocenters. The third kappa shape index (κ3) is 3.82. The summed E-state index contributed by atoms with van der Waals surface area (Å²) in [4.78, 5) is 12.1. The van der Waals surface area contributed by atoms with Crippen LogP contribution in [0.25, 0.3) is 0 Å². The molecule has 2 rings (SSSR count). The Morgan fingerprint density at radius 1 is 1.32 bits per heavy atom. The van der Waals surface area contributed by atoms with Crippen molar-refractivity contribution >= 4 is 21.8 Å². The number of amides is 1. The third-order valence-corrected chi connectivity index (χ3v) is 4.97. The van der Waals surface area contributed by atoms with Gasteiger partial charge in [-0.1, -0.05) is 40.5 Å². The van der Waals surface area contributed by atoms with Gasteiger partial charge >= 0.3 is 0 Å². The van der Waals surface area contributed by atoms with Crippen molar-refractivity contribution in [3.05, 3.63) is 34.9 Å². The van der Waals surface area contributed by atoms with Crippen molar-refractivity contribution in [2.45, 2.75) is 45.6 Å². The van der Waals surface area contributed by atoms with Crippen LogP contribution in [0.1, 0.15) is 36.0 Å². The molecule has 3 heteroatoms. The molecule has 1 aliphatic rings. The Balaban J connectivity index is 1.92. The number of carbonyl (C=O) groups is 1. The highest BCUT2D eigenvalue weighted by atomic mass is 79.9. The highest BCUT2D eigenvalue weighted by Gasteiger charge is 2.27. The van der Waals surface area contributed by atoms with Gasteiger partial charge in [-0.2, -0.15) is 0 Å². The highest BCUT2D eigenvalue weighted by Crippen LogP contribution is 2.27. The molecule has 2 nitrogen and oxygen atoms in total. The Morgan fingerprint density at radius 3 is 2.79 bits per heavy atom. The summed E-state index contributed by atoms with van der Waals surface area (Å²) in [6.45, 7) is 4.19. The number of nitrogens with one attached hydrogen (secondary N) is 1. The van der Waals surface area contributed by atoms with Crippen LogP contribution in [0.15, 0.2) is 18.2 Å². The summed E-state index contributed by atoms with van der Waals surface area (Å²) < 4.78 is 0. The van der Waals surface area contributed by atoms with E-state index in [1.807, 2.05) is 0 Å². The maximum absolute atomic E-state index is 12.1. The summed E-state index contributed by atoms with van der Waals surface area (Å²) in [6.07, 6.45) is 4.06. The van der Waals surface area contributed by atoms with Gasteiger partial charge in [-0.25, -0.2) is 0 Å². The van der Waals surface area contributed by atoms with E-state index in [2.05, 4.69) is 53.3 Å². The van der Waals surface area contributed by atoms with Crippen LogP contribution in [-0.2, 0) is 11.2 Å². The van der Waals surface area contributed by atoms with Crippen molar-refractivity contribution in [2.24, 2.45) is 5.92 Å². The molecule has 1 aromatic carbocycles. The Morgan fingerprint density at radius 2 is 2.11 bits per heavy atom. The summed E-state index contributed by atoms with van der Waals surface area (Å²) in [6, 6.07) is 6.62. The van der Waals surface area contributed by atoms with E-state index in [-0.39, 0.29) is 5.91 Å². The van der Waals surface area contributed by atoms with E-state index in [0.717, 1.165) is 17.3 Å². The minimum atomic E-state index is 0.154. The second kappa shape index (κ2) is 6.56. The van der Waals surface area contributed by atoms with Gasteiger partial charge < -0.3 is 5.32 Å². The standard InChI is InChI=1S/C16H22BrNO/c1-11-6-7-13(8-12(11)2)9-16(19)18-15-5-3-4-14(15)10-17/h6-8,14-15H,3-5,9-10H2,1-2H3,(H,18,19). The number of halogens is 1. The summed E-state index contributed by atoms with van der Waals surface area (Å²) in [5.41, 5.74) is 3.64. The Hall–Kier alpha value is -0.830. The molecule has 0 aromatic heterocycles. The van der Waals surface area contributed by atoms with E-state index < -0.39 is 0 Å². The molecule has 2 unspecified atom stereocenters. The van der Waals surface area contributed by atoms with E-state index in [1.54, 1.807) is 0 Å². The minimum absolute atomic E-state index is 0.154. The van der Waals surface area contributed by atoms with Crippen molar-refractivity contribution < 1.29 is 4.79 Å². The summed E-state index contributed by atoms with van der Waals surface area (Å²) in [7, 11) is 0. The topological polar surface area (TPSA) is 29.1 Å². The third-order valence-electron chi connectivity index (χ3n) is 4.14. The predicted molar refractivity (Wildman–Crippen MR) is 82.7 cm³/mol. The molecular weight excluding hydrogens is 302 g/mol. The second-order valence-corrected chi connectivity index (χ2v) is 6.26. The molecular formula is C16H22BrNO. The Bertz CT molecular complexity index is 458. The average Bonchev–Trinajstić information content (AvgIpc) is 2.81. The molecule has 0 saturated heterocycles. The first-order valence-electron chi connectivity index (χ1n) is 7.01. The minimum Gasteiger partial charge on any atom is -0.353 e. The van der Waals surface area contributed by atoms with Gasteiger partial charge in [0, 0.05) is 11.4 Å². The van der Waals surface area contributed by atoms with Crippen molar-refractivity contribution in [2.75, 3.05) is 5.33 Å². The summed E-state index contributed by atoms with van der Waals surface area (Å²) in [5.74, 6) is 0.754. The number of alkyl halides is 1. The molecule has 0 heterocycles. The molecule has 104 valence electrons. The molecule has 19 heavy (non-hydrogen) atoms. The fraction of sp³-hybridized carbons (Fsp3) is 0.562. The molecule has 1 amide bonds. The number of rotatable bonds is 4. The maximum atomic E-state index is 12.1. The zero-order chi connectivity index (χ0) is 13.8. The van der Waals surface area contributed by atoms with E-state index in [4.69, 9.17) is 0 Å². The first-order valence-corrected chi connectivity index (χ1v) is 8.13. The van der Waals surface area contributed by atoms with Crippen LogP contribution >= 0.6 is 15.9 Å². The first-order chi connectivity index (χ1) is 9.10. The fourth-order valence-corrected chi connectivity index (χ4v) is 3.54. The van der Waals surface area contributed by atoms with Gasteiger partial charge in [-0.05, 0) is 49.3 Å². The lowest BCUT2D eigenvalue weighted by Gasteiger charge is -2.19. The lowest BCUT2D eigenvalue weighted by atomic mass is 10.0. The van der Waals surface area contributed by atoms with Crippen LogP contribution < -0.4 is 5.32 Å². The van der Waals surface area contributed by atoms with Crippen molar-refractivity contribution in [3.8, 4) is 0 Å². The summed E-state index contributed by atoms with van der Waals surface area (Å²) in [5, 5.41) is 4.18. The zero-order valence-electron chi connectivity index (χ0n) is 11.7. The predicted octanol–water partition coefficient (Wildman–Crippen LogP) is 3.53. The largest absolute Gasteiger partial charge is 0.353 e. The van der Waals surface area contributed by atoms with Crippen molar-refractivity contribution in [1.29, 1.82) is 0 Å². The van der Waals surface area contributed by atoms with Crippen LogP contribution in [-0.4, -0.2) is 17.3 Å². The molecule has 0 bridgehead atoms. The molecule has 0 aliphatic heterocycles. The number of benzene rings is 1. The molecule has 1 saturated carbocycles. The van der Waals surface area contributed by atoms with Gasteiger partial charge in [0.1, 0.15) is 0 Å². The Kier molecular flexibility index (Phi) is 5.03. The van der Waals surface area contributed by atoms with Crippen LogP contribution in [0.3, 0.4) is 0 Å². The Labute approximate surface area is 124 Å². The van der Waals surface area contributed by atoms with E-state index >= 15 is 0 Å². The van der Waals surface area contributed by atoms with Gasteiger partial charge in [0.05, 0.1) is 6.42 Å². The monoisotopic (exact) mass is 323 g/mol. The maximum Gasteiger partial charge on any atom is 0.224 e. The molecule has 1 fully saturated rings. The SMILES string of the molecule is Cc1ccc(CC(=O)NC2CCCC2CBr)cc1C. The van der Waals surface area contributed by atoms with Gasteiger partial charge in [0.2, 0.25) is 5.91 Å². The van der Waals surface area contributed by atoms with Gasteiger partial charge in [0.25, 0.3) is 0 Å². The van der Waals surface area contributed by atoms with Crippen LogP contribution in [0.2, 0.25) is 0 Å². The number of hydrogen-bond donors (Lipinski definition) is 1. The van der Waals surface area contributed by atoms with E-state index in [0.29, 0.717) is 18.4 Å².